The van der Waals surface area contributed by atoms with Gasteiger partial charge >= 0.3 is 0 Å². The third kappa shape index (κ3) is 4.94. The van der Waals surface area contributed by atoms with Gasteiger partial charge in [-0.25, -0.2) is 0 Å². The number of anilines is 1. The van der Waals surface area contributed by atoms with Crippen molar-refractivity contribution in [2.45, 2.75) is 6.54 Å². The van der Waals surface area contributed by atoms with E-state index in [0.29, 0.717) is 23.5 Å². The quantitative estimate of drug-likeness (QED) is 0.670. The second-order valence-electron chi connectivity index (χ2n) is 5.46. The first-order valence-corrected chi connectivity index (χ1v) is 8.97. The number of nitrogens with one attached hydrogen (secondary N) is 2. The lowest BCUT2D eigenvalue weighted by Gasteiger charge is -2.11. The molecule has 1 heterocycles. The van der Waals surface area contributed by atoms with E-state index in [1.807, 2.05) is 35.7 Å². The molecule has 3 aromatic rings. The molecule has 0 saturated heterocycles. The summed E-state index contributed by atoms with van der Waals surface area (Å²) in [6.45, 7) is 0.316. The van der Waals surface area contributed by atoms with E-state index in [0.717, 1.165) is 4.88 Å². The maximum atomic E-state index is 12.5. The van der Waals surface area contributed by atoms with Crippen molar-refractivity contribution < 1.29 is 14.3 Å². The van der Waals surface area contributed by atoms with Crippen molar-refractivity contribution in [1.29, 1.82) is 0 Å². The lowest BCUT2D eigenvalue weighted by molar-refractivity contribution is -0.123. The van der Waals surface area contributed by atoms with Gasteiger partial charge in [-0.05, 0) is 35.7 Å². The largest absolute Gasteiger partial charge is 0.483 e. The first-order chi connectivity index (χ1) is 12.7. The Bertz CT molecular complexity index is 864. The number of para-hydroxylation sites is 2. The Hall–Kier alpha value is -3.12. The zero-order valence-electron chi connectivity index (χ0n) is 14.0. The third-order valence-corrected chi connectivity index (χ3v) is 4.44. The van der Waals surface area contributed by atoms with Crippen molar-refractivity contribution in [2.24, 2.45) is 0 Å². The zero-order valence-corrected chi connectivity index (χ0v) is 14.8. The molecule has 26 heavy (non-hydrogen) atoms. The Balaban J connectivity index is 1.58. The molecule has 1 aromatic heterocycles. The van der Waals surface area contributed by atoms with Crippen LogP contribution in [-0.2, 0) is 11.3 Å². The normalized spacial score (nSPS) is 10.2. The molecule has 2 amide bonds. The smallest absolute Gasteiger partial charge is 0.259 e. The van der Waals surface area contributed by atoms with Gasteiger partial charge in [-0.1, -0.05) is 36.4 Å². The van der Waals surface area contributed by atoms with Crippen LogP contribution in [0.2, 0.25) is 0 Å². The Labute approximate surface area is 155 Å². The molecule has 2 aromatic carbocycles. The molecule has 0 aliphatic rings. The fraction of sp³-hybridized carbons (Fsp3) is 0.100. The molecule has 3 rings (SSSR count). The van der Waals surface area contributed by atoms with E-state index in [1.54, 1.807) is 47.7 Å². The summed E-state index contributed by atoms with van der Waals surface area (Å²) in [6, 6.07) is 19.9. The van der Waals surface area contributed by atoms with Gasteiger partial charge < -0.3 is 15.4 Å². The van der Waals surface area contributed by atoms with Gasteiger partial charge in [-0.2, -0.15) is 0 Å². The third-order valence-electron chi connectivity index (χ3n) is 3.56. The molecule has 5 nitrogen and oxygen atoms in total. The van der Waals surface area contributed by atoms with Crippen LogP contribution in [0, 0.1) is 0 Å². The van der Waals surface area contributed by atoms with E-state index in [-0.39, 0.29) is 18.4 Å². The van der Waals surface area contributed by atoms with Crippen LogP contribution in [0.3, 0.4) is 0 Å². The van der Waals surface area contributed by atoms with Gasteiger partial charge in [0.15, 0.2) is 6.61 Å². The average molecular weight is 366 g/mol. The van der Waals surface area contributed by atoms with E-state index in [4.69, 9.17) is 4.74 Å². The standard InChI is InChI=1S/C20H18N2O3S/c23-19(21-13-16-9-6-12-26-16)14-25-18-11-5-4-10-17(18)20(24)22-15-7-2-1-3-8-15/h1-12H,13-14H2,(H,21,23)(H,22,24). The Morgan fingerprint density at radius 2 is 1.69 bits per heavy atom. The lowest BCUT2D eigenvalue weighted by atomic mass is 10.2. The summed E-state index contributed by atoms with van der Waals surface area (Å²) in [7, 11) is 0. The molecule has 0 unspecified atom stereocenters. The fourth-order valence-corrected chi connectivity index (χ4v) is 2.94. The topological polar surface area (TPSA) is 67.4 Å². The number of carbonyl (C=O) groups is 2. The van der Waals surface area contributed by atoms with Gasteiger partial charge in [-0.15, -0.1) is 11.3 Å². The number of amides is 2. The second kappa shape index (κ2) is 8.82. The van der Waals surface area contributed by atoms with Crippen LogP contribution in [0.1, 0.15) is 15.2 Å². The molecule has 6 heteroatoms. The SMILES string of the molecule is O=C(COc1ccccc1C(=O)Nc1ccccc1)NCc1cccs1. The number of carbonyl (C=O) groups excluding carboxylic acids is 2. The molecule has 0 fully saturated rings. The molecule has 2 N–H and O–H groups in total. The number of thiophene rings is 1. The highest BCUT2D eigenvalue weighted by molar-refractivity contribution is 7.09. The minimum Gasteiger partial charge on any atom is -0.483 e. The van der Waals surface area contributed by atoms with Crippen molar-refractivity contribution >= 4 is 28.8 Å². The van der Waals surface area contributed by atoms with Gasteiger partial charge in [0.2, 0.25) is 0 Å². The van der Waals surface area contributed by atoms with Crippen molar-refractivity contribution in [3.8, 4) is 5.75 Å². The Morgan fingerprint density at radius 3 is 2.46 bits per heavy atom. The van der Waals surface area contributed by atoms with Crippen molar-refractivity contribution in [3.63, 3.8) is 0 Å². The summed E-state index contributed by atoms with van der Waals surface area (Å²) < 4.78 is 5.56. The maximum absolute atomic E-state index is 12.5. The summed E-state index contributed by atoms with van der Waals surface area (Å²) in [6.07, 6.45) is 0. The average Bonchev–Trinajstić information content (AvgIpc) is 3.19. The van der Waals surface area contributed by atoms with E-state index >= 15 is 0 Å². The van der Waals surface area contributed by atoms with Gasteiger partial charge in [0.25, 0.3) is 11.8 Å². The Kier molecular flexibility index (Phi) is 6.01. The van der Waals surface area contributed by atoms with E-state index in [1.165, 1.54) is 0 Å². The molecule has 132 valence electrons. The number of hydrogen-bond acceptors (Lipinski definition) is 4. The number of hydrogen-bond donors (Lipinski definition) is 2. The van der Waals surface area contributed by atoms with Crippen LogP contribution < -0.4 is 15.4 Å². The van der Waals surface area contributed by atoms with E-state index in [9.17, 15) is 9.59 Å². The molecule has 0 bridgehead atoms. The number of ether oxygens (including phenoxy) is 1. The van der Waals surface area contributed by atoms with Crippen LogP contribution in [0.25, 0.3) is 0 Å². The molecule has 0 aliphatic carbocycles. The van der Waals surface area contributed by atoms with Gasteiger partial charge in [0, 0.05) is 10.6 Å². The fourth-order valence-electron chi connectivity index (χ4n) is 2.29. The second-order valence-corrected chi connectivity index (χ2v) is 6.49. The molecule has 0 radical (unpaired) electrons. The molecule has 0 saturated carbocycles. The minimum absolute atomic E-state index is 0.152. The summed E-state index contributed by atoms with van der Waals surface area (Å²) in [5.74, 6) is -0.158. The first kappa shape index (κ1) is 17.7. The maximum Gasteiger partial charge on any atom is 0.259 e. The molecule has 0 spiro atoms. The van der Waals surface area contributed by atoms with Crippen LogP contribution in [0.5, 0.6) is 5.75 Å². The monoisotopic (exact) mass is 366 g/mol. The number of rotatable bonds is 7. The molecule has 0 aliphatic heterocycles. The lowest BCUT2D eigenvalue weighted by Crippen LogP contribution is -2.28. The predicted octanol–water partition coefficient (Wildman–Crippen LogP) is 3.70. The highest BCUT2D eigenvalue weighted by Gasteiger charge is 2.13. The summed E-state index contributed by atoms with van der Waals surface area (Å²) in [5.41, 5.74) is 1.07. The van der Waals surface area contributed by atoms with Crippen molar-refractivity contribution in [2.75, 3.05) is 11.9 Å². The zero-order chi connectivity index (χ0) is 18.2. The van der Waals surface area contributed by atoms with Crippen molar-refractivity contribution in [1.82, 2.24) is 5.32 Å². The van der Waals surface area contributed by atoms with Crippen LogP contribution >= 0.6 is 11.3 Å². The van der Waals surface area contributed by atoms with Crippen LogP contribution in [0.15, 0.2) is 72.1 Å². The van der Waals surface area contributed by atoms with Gasteiger partial charge in [0.05, 0.1) is 12.1 Å². The predicted molar refractivity (Wildman–Crippen MR) is 102 cm³/mol. The van der Waals surface area contributed by atoms with Crippen LogP contribution in [-0.4, -0.2) is 18.4 Å². The van der Waals surface area contributed by atoms with E-state index < -0.39 is 0 Å². The van der Waals surface area contributed by atoms with Gasteiger partial charge in [-0.3, -0.25) is 9.59 Å². The summed E-state index contributed by atoms with van der Waals surface area (Å²) in [5, 5.41) is 7.56. The van der Waals surface area contributed by atoms with Crippen molar-refractivity contribution in [3.05, 3.63) is 82.6 Å². The molecular weight excluding hydrogens is 348 g/mol. The molecular formula is C20H18N2O3S. The first-order valence-electron chi connectivity index (χ1n) is 8.09. The summed E-state index contributed by atoms with van der Waals surface area (Å²) >= 11 is 1.58. The van der Waals surface area contributed by atoms with Crippen LogP contribution in [0.4, 0.5) is 5.69 Å². The minimum atomic E-state index is -0.286. The highest BCUT2D eigenvalue weighted by atomic mass is 32.1. The Morgan fingerprint density at radius 1 is 0.923 bits per heavy atom. The van der Waals surface area contributed by atoms with E-state index in [2.05, 4.69) is 10.6 Å². The van der Waals surface area contributed by atoms with Gasteiger partial charge in [0.1, 0.15) is 5.75 Å². The number of benzene rings is 2. The summed E-state index contributed by atoms with van der Waals surface area (Å²) in [4.78, 5) is 25.5. The molecule has 0 atom stereocenters. The highest BCUT2D eigenvalue weighted by Crippen LogP contribution is 2.19.